The van der Waals surface area contributed by atoms with Crippen LogP contribution in [-0.4, -0.2) is 9.38 Å². The third kappa shape index (κ3) is 1.71. The van der Waals surface area contributed by atoms with Crippen LogP contribution < -0.4 is 0 Å². The van der Waals surface area contributed by atoms with Crippen molar-refractivity contribution in [2.75, 3.05) is 0 Å². The predicted octanol–water partition coefficient (Wildman–Crippen LogP) is 3.93. The molecule has 1 aliphatic rings. The van der Waals surface area contributed by atoms with Gasteiger partial charge in [-0.15, -0.1) is 29.7 Å². The Morgan fingerprint density at radius 3 is 2.86 bits per heavy atom. The number of fused-ring (bicyclic) bond motifs is 7. The minimum Gasteiger partial charge on any atom is -0.340 e. The van der Waals surface area contributed by atoms with Crippen molar-refractivity contribution in [3.05, 3.63) is 59.9 Å². The van der Waals surface area contributed by atoms with Crippen molar-refractivity contribution in [2.24, 2.45) is 0 Å². The van der Waals surface area contributed by atoms with E-state index in [4.69, 9.17) is 0 Å². The van der Waals surface area contributed by atoms with Crippen molar-refractivity contribution in [3.8, 4) is 0 Å². The number of benzene rings is 2. The summed E-state index contributed by atoms with van der Waals surface area (Å²) in [6.45, 7) is 0. The van der Waals surface area contributed by atoms with E-state index in [2.05, 4.69) is 45.9 Å². The molecule has 5 rings (SSSR count). The van der Waals surface area contributed by atoms with Crippen LogP contribution in [0.1, 0.15) is 17.5 Å². The van der Waals surface area contributed by atoms with Gasteiger partial charge in [0.05, 0.1) is 5.65 Å². The second kappa shape index (κ2) is 4.66. The van der Waals surface area contributed by atoms with Gasteiger partial charge in [0.15, 0.2) is 0 Å². The van der Waals surface area contributed by atoms with Gasteiger partial charge >= 0.3 is 0 Å². The normalized spacial score (nSPS) is 13.7. The van der Waals surface area contributed by atoms with Gasteiger partial charge in [0.2, 0.25) is 0 Å². The Morgan fingerprint density at radius 2 is 1.95 bits per heavy atom. The third-order valence-electron chi connectivity index (χ3n) is 4.48. The summed E-state index contributed by atoms with van der Waals surface area (Å²) in [4.78, 5) is 4.52. The van der Waals surface area contributed by atoms with E-state index in [1.165, 1.54) is 46.7 Å². The minimum atomic E-state index is 0. The first-order chi connectivity index (χ1) is 9.92. The molecule has 0 spiro atoms. The molecule has 2 heterocycles. The quantitative estimate of drug-likeness (QED) is 0.294. The van der Waals surface area contributed by atoms with Crippen molar-refractivity contribution < 1.29 is 20.1 Å². The summed E-state index contributed by atoms with van der Waals surface area (Å²) in [6, 6.07) is 14.3. The Labute approximate surface area is 136 Å². The fraction of sp³-hybridized carbons (Fsp3) is 0.167. The number of hydrogen-bond acceptors (Lipinski definition) is 1. The zero-order valence-electron chi connectivity index (χ0n) is 11.4. The first-order valence-electron chi connectivity index (χ1n) is 7.13. The summed E-state index contributed by atoms with van der Waals surface area (Å²) < 4.78 is 2.20. The summed E-state index contributed by atoms with van der Waals surface area (Å²) >= 11 is 0. The first kappa shape index (κ1) is 13.0. The third-order valence-corrected chi connectivity index (χ3v) is 4.48. The molecule has 0 bridgehead atoms. The molecule has 21 heavy (non-hydrogen) atoms. The van der Waals surface area contributed by atoms with Crippen LogP contribution in [0.2, 0.25) is 0 Å². The maximum absolute atomic E-state index is 4.52. The van der Waals surface area contributed by atoms with E-state index in [0.29, 0.717) is 0 Å². The molecule has 0 atom stereocenters. The summed E-state index contributed by atoms with van der Waals surface area (Å²) in [6.07, 6.45) is 7.63. The van der Waals surface area contributed by atoms with Gasteiger partial charge in [0.25, 0.3) is 0 Å². The molecule has 105 valence electrons. The number of aromatic nitrogens is 2. The maximum atomic E-state index is 4.52. The van der Waals surface area contributed by atoms with E-state index in [1.54, 1.807) is 0 Å². The Bertz CT molecular complexity index is 985. The van der Waals surface area contributed by atoms with Crippen molar-refractivity contribution in [3.63, 3.8) is 0 Å². The van der Waals surface area contributed by atoms with Crippen LogP contribution >= 0.6 is 0 Å². The van der Waals surface area contributed by atoms with E-state index in [1.807, 2.05) is 12.3 Å². The number of aryl methyl sites for hydroxylation is 2. The van der Waals surface area contributed by atoms with Crippen LogP contribution in [0, 0.1) is 6.07 Å². The van der Waals surface area contributed by atoms with E-state index in [-0.39, 0.29) is 20.1 Å². The van der Waals surface area contributed by atoms with Gasteiger partial charge in [-0.2, -0.15) is 0 Å². The van der Waals surface area contributed by atoms with Gasteiger partial charge in [-0.05, 0) is 41.8 Å². The SMILES string of the molecule is [Ir].[c-]1cccc2c1c1nccn1c1cc3c(cc21)CCC3. The number of hydrogen-bond donors (Lipinski definition) is 0. The molecule has 2 nitrogen and oxygen atoms in total. The second-order valence-corrected chi connectivity index (χ2v) is 5.57. The van der Waals surface area contributed by atoms with Gasteiger partial charge in [0, 0.05) is 38.0 Å². The molecule has 2 aromatic carbocycles. The fourth-order valence-electron chi connectivity index (χ4n) is 3.56. The smallest absolute Gasteiger partial charge is 0.0608 e. The molecule has 4 aromatic rings. The first-order valence-corrected chi connectivity index (χ1v) is 7.13. The largest absolute Gasteiger partial charge is 0.340 e. The van der Waals surface area contributed by atoms with Crippen LogP contribution in [0.4, 0.5) is 0 Å². The molecule has 1 aliphatic carbocycles. The average Bonchev–Trinajstić information content (AvgIpc) is 3.14. The summed E-state index contributed by atoms with van der Waals surface area (Å²) in [5.41, 5.74) is 5.30. The summed E-state index contributed by atoms with van der Waals surface area (Å²) in [5.74, 6) is 0. The molecule has 0 fully saturated rings. The molecule has 0 aliphatic heterocycles. The maximum Gasteiger partial charge on any atom is 0.0608 e. The zero-order valence-corrected chi connectivity index (χ0v) is 13.8. The number of nitrogens with zero attached hydrogens (tertiary/aromatic N) is 2. The topological polar surface area (TPSA) is 17.3 Å². The van der Waals surface area contributed by atoms with Gasteiger partial charge in [-0.1, -0.05) is 11.5 Å². The summed E-state index contributed by atoms with van der Waals surface area (Å²) in [5, 5.41) is 3.70. The van der Waals surface area contributed by atoms with Crippen LogP contribution in [-0.2, 0) is 32.9 Å². The van der Waals surface area contributed by atoms with Crippen LogP contribution in [0.5, 0.6) is 0 Å². The molecular formula is C18H13IrN2-. The van der Waals surface area contributed by atoms with Crippen LogP contribution in [0.15, 0.2) is 42.7 Å². The van der Waals surface area contributed by atoms with Gasteiger partial charge < -0.3 is 4.40 Å². The molecule has 0 amide bonds. The summed E-state index contributed by atoms with van der Waals surface area (Å²) in [7, 11) is 0. The Morgan fingerprint density at radius 1 is 1.10 bits per heavy atom. The van der Waals surface area contributed by atoms with Crippen molar-refractivity contribution >= 4 is 27.3 Å². The Balaban J connectivity index is 0.00000115. The number of rotatable bonds is 0. The van der Waals surface area contributed by atoms with E-state index in [0.717, 1.165) is 11.0 Å². The monoisotopic (exact) mass is 450 g/mol. The number of pyridine rings is 1. The molecular weight excluding hydrogens is 436 g/mol. The van der Waals surface area contributed by atoms with E-state index in [9.17, 15) is 0 Å². The Hall–Kier alpha value is -1.70. The van der Waals surface area contributed by atoms with Crippen molar-refractivity contribution in [2.45, 2.75) is 19.3 Å². The van der Waals surface area contributed by atoms with Crippen LogP contribution in [0.3, 0.4) is 0 Å². The van der Waals surface area contributed by atoms with Gasteiger partial charge in [0.1, 0.15) is 0 Å². The molecule has 0 saturated heterocycles. The Kier molecular flexibility index (Phi) is 2.88. The van der Waals surface area contributed by atoms with Crippen molar-refractivity contribution in [1.82, 2.24) is 9.38 Å². The van der Waals surface area contributed by atoms with Crippen molar-refractivity contribution in [1.29, 1.82) is 0 Å². The van der Waals surface area contributed by atoms with Gasteiger partial charge in [-0.25, -0.2) is 0 Å². The minimum absolute atomic E-state index is 0. The molecule has 2 aromatic heterocycles. The van der Waals surface area contributed by atoms with E-state index < -0.39 is 0 Å². The fourth-order valence-corrected chi connectivity index (χ4v) is 3.56. The molecule has 1 radical (unpaired) electrons. The number of imidazole rings is 1. The van der Waals surface area contributed by atoms with E-state index >= 15 is 0 Å². The van der Waals surface area contributed by atoms with Crippen LogP contribution in [0.25, 0.3) is 27.3 Å². The predicted molar refractivity (Wildman–Crippen MR) is 81.1 cm³/mol. The standard InChI is InChI=1S/C18H13N2.Ir/c1-2-7-15-14(6-1)16-10-12-4-3-5-13(12)11-17(16)20-9-8-19-18(15)20;/h1-2,6,8-11H,3-5H2;/q-1;. The average molecular weight is 450 g/mol. The second-order valence-electron chi connectivity index (χ2n) is 5.57. The van der Waals surface area contributed by atoms with Gasteiger partial charge in [-0.3, -0.25) is 4.98 Å². The molecule has 0 unspecified atom stereocenters. The molecule has 3 heteroatoms. The zero-order chi connectivity index (χ0) is 13.1. The molecule has 0 N–H and O–H groups in total. The molecule has 0 saturated carbocycles.